The van der Waals surface area contributed by atoms with E-state index in [1.165, 1.54) is 54.4 Å². The van der Waals surface area contributed by atoms with Gasteiger partial charge in [0.15, 0.2) is 0 Å². The maximum absolute atomic E-state index is 9.64. The van der Waals surface area contributed by atoms with Gasteiger partial charge in [-0.05, 0) is 105 Å². The number of aliphatic hydroxyl groups excluding tert-OH is 1. The normalized spacial score (nSPS) is 25.6. The molecule has 2 fully saturated rings. The Bertz CT molecular complexity index is 970. The van der Waals surface area contributed by atoms with E-state index in [0.29, 0.717) is 11.3 Å². The standard InChI is InChI=1S/C22H34O.C13H21NO/c1-7-17(14-16(5)23)18(8-2)20-12-13-22(6)15(4)10-11-21(22)19(20)9-3;1-4-14(5-2)11-12-9-7-8-10-13(12)15-6-3/h8,14,19-21,23H,4-5,7,9-13H2,1-3,6H3;7-10H,4-6,11H2,1-3H3/b17-14-,18-8+;. The quantitative estimate of drug-likeness (QED) is 0.179. The molecule has 0 saturated heterocycles. The second-order valence-corrected chi connectivity index (χ2v) is 11.1. The van der Waals surface area contributed by atoms with Gasteiger partial charge in [0.1, 0.15) is 11.5 Å². The molecular weight excluding hydrogens is 466 g/mol. The number of ether oxygens (including phenoxy) is 1. The van der Waals surface area contributed by atoms with E-state index in [9.17, 15) is 5.11 Å². The van der Waals surface area contributed by atoms with Crippen molar-refractivity contribution >= 4 is 0 Å². The molecule has 1 N–H and O–H groups in total. The summed E-state index contributed by atoms with van der Waals surface area (Å²) < 4.78 is 5.60. The van der Waals surface area contributed by atoms with Gasteiger partial charge in [-0.2, -0.15) is 0 Å². The number of fused-ring (bicyclic) bond motifs is 1. The first kappa shape index (κ1) is 32.0. The van der Waals surface area contributed by atoms with Crippen molar-refractivity contribution in [3.05, 3.63) is 77.6 Å². The van der Waals surface area contributed by atoms with Gasteiger partial charge in [-0.1, -0.05) is 84.0 Å². The summed E-state index contributed by atoms with van der Waals surface area (Å²) in [5.41, 5.74) is 5.81. The van der Waals surface area contributed by atoms with Gasteiger partial charge in [0.2, 0.25) is 0 Å². The van der Waals surface area contributed by atoms with Crippen LogP contribution in [0.25, 0.3) is 0 Å². The molecule has 3 heteroatoms. The first-order chi connectivity index (χ1) is 18.2. The van der Waals surface area contributed by atoms with Gasteiger partial charge in [-0.3, -0.25) is 4.90 Å². The number of nitrogens with zero attached hydrogens (tertiary/aromatic N) is 1. The zero-order chi connectivity index (χ0) is 28.3. The molecule has 0 radical (unpaired) electrons. The van der Waals surface area contributed by atoms with Crippen LogP contribution in [-0.4, -0.2) is 29.7 Å². The Morgan fingerprint density at radius 3 is 2.37 bits per heavy atom. The third-order valence-electron chi connectivity index (χ3n) is 9.23. The fourth-order valence-corrected chi connectivity index (χ4v) is 7.00. The van der Waals surface area contributed by atoms with Gasteiger partial charge in [-0.15, -0.1) is 0 Å². The lowest BCUT2D eigenvalue weighted by molar-refractivity contribution is 0.0741. The fraction of sp³-hybridized carbons (Fsp3) is 0.600. The number of rotatable bonds is 11. The highest BCUT2D eigenvalue weighted by molar-refractivity contribution is 5.38. The molecule has 1 aromatic rings. The highest BCUT2D eigenvalue weighted by atomic mass is 16.5. The van der Waals surface area contributed by atoms with Crippen LogP contribution in [0.5, 0.6) is 5.75 Å². The molecule has 0 heterocycles. The number of hydrogen-bond acceptors (Lipinski definition) is 3. The Balaban J connectivity index is 0.000000293. The van der Waals surface area contributed by atoms with E-state index in [1.54, 1.807) is 0 Å². The second kappa shape index (κ2) is 15.4. The van der Waals surface area contributed by atoms with Gasteiger partial charge in [-0.25, -0.2) is 0 Å². The van der Waals surface area contributed by atoms with Crippen molar-refractivity contribution in [2.75, 3.05) is 19.7 Å². The van der Waals surface area contributed by atoms with Gasteiger partial charge >= 0.3 is 0 Å². The predicted octanol–water partition coefficient (Wildman–Crippen LogP) is 9.68. The SMILES string of the molecule is C=C(O)/C=C(CC)\C(=C/C)C1CCC2(C)C(=C)CCC2C1CC.CCOc1ccccc1CN(CC)CC. The number of hydrogen-bond donors (Lipinski definition) is 1. The van der Waals surface area contributed by atoms with Crippen LogP contribution in [0.3, 0.4) is 0 Å². The molecule has 0 aromatic heterocycles. The highest BCUT2D eigenvalue weighted by Crippen LogP contribution is 2.60. The molecule has 1 aromatic carbocycles. The van der Waals surface area contributed by atoms with E-state index < -0.39 is 0 Å². The van der Waals surface area contributed by atoms with Gasteiger partial charge in [0, 0.05) is 12.1 Å². The van der Waals surface area contributed by atoms with Crippen molar-refractivity contribution in [1.29, 1.82) is 0 Å². The maximum Gasteiger partial charge on any atom is 0.123 e. The Kier molecular flexibility index (Phi) is 12.9. The largest absolute Gasteiger partial charge is 0.509 e. The van der Waals surface area contributed by atoms with Crippen molar-refractivity contribution in [3.8, 4) is 5.75 Å². The molecule has 3 rings (SSSR count). The smallest absolute Gasteiger partial charge is 0.123 e. The van der Waals surface area contributed by atoms with Crippen molar-refractivity contribution in [3.63, 3.8) is 0 Å². The van der Waals surface area contributed by atoms with Crippen LogP contribution >= 0.6 is 0 Å². The van der Waals surface area contributed by atoms with E-state index in [0.717, 1.165) is 50.2 Å². The van der Waals surface area contributed by atoms with E-state index in [1.807, 2.05) is 25.1 Å². The molecule has 4 atom stereocenters. The maximum atomic E-state index is 9.64. The number of para-hydroxylation sites is 1. The molecule has 0 spiro atoms. The Hall–Kier alpha value is -2.26. The van der Waals surface area contributed by atoms with Crippen molar-refractivity contribution in [1.82, 2.24) is 4.90 Å². The number of allylic oxidation sites excluding steroid dienone is 5. The molecular formula is C35H55NO2. The first-order valence-corrected chi connectivity index (χ1v) is 15.1. The second-order valence-electron chi connectivity index (χ2n) is 11.1. The minimum Gasteiger partial charge on any atom is -0.509 e. The van der Waals surface area contributed by atoms with Crippen molar-refractivity contribution in [2.45, 2.75) is 93.5 Å². The number of benzene rings is 1. The average Bonchev–Trinajstić information content (AvgIpc) is 3.22. The summed E-state index contributed by atoms with van der Waals surface area (Å²) in [6, 6.07) is 8.28. The minimum absolute atomic E-state index is 0.171. The molecule has 0 amide bonds. The topological polar surface area (TPSA) is 32.7 Å². The summed E-state index contributed by atoms with van der Waals surface area (Å²) in [6.07, 6.45) is 11.3. The Morgan fingerprint density at radius 1 is 1.13 bits per heavy atom. The lowest BCUT2D eigenvalue weighted by Crippen LogP contribution is -2.39. The van der Waals surface area contributed by atoms with Crippen molar-refractivity contribution in [2.24, 2.45) is 23.2 Å². The summed E-state index contributed by atoms with van der Waals surface area (Å²) in [6.45, 7) is 27.4. The molecule has 0 bridgehead atoms. The third kappa shape index (κ3) is 7.65. The van der Waals surface area contributed by atoms with E-state index >= 15 is 0 Å². The predicted molar refractivity (Wildman–Crippen MR) is 165 cm³/mol. The van der Waals surface area contributed by atoms with E-state index in [4.69, 9.17) is 4.74 Å². The molecule has 4 unspecified atom stereocenters. The molecule has 0 aliphatic heterocycles. The highest BCUT2D eigenvalue weighted by Gasteiger charge is 2.50. The molecule has 38 heavy (non-hydrogen) atoms. The van der Waals surface area contributed by atoms with Crippen LogP contribution in [0, 0.1) is 23.2 Å². The van der Waals surface area contributed by atoms with E-state index in [-0.39, 0.29) is 5.76 Å². The van der Waals surface area contributed by atoms with Crippen LogP contribution in [0.4, 0.5) is 0 Å². The summed E-state index contributed by atoms with van der Waals surface area (Å²) in [5, 5.41) is 9.64. The molecule has 2 aliphatic rings. The van der Waals surface area contributed by atoms with Gasteiger partial charge in [0.25, 0.3) is 0 Å². The third-order valence-corrected chi connectivity index (χ3v) is 9.23. The summed E-state index contributed by atoms with van der Waals surface area (Å²) in [4.78, 5) is 2.39. The van der Waals surface area contributed by atoms with E-state index in [2.05, 4.69) is 77.8 Å². The monoisotopic (exact) mass is 521 g/mol. The Morgan fingerprint density at radius 2 is 1.82 bits per heavy atom. The van der Waals surface area contributed by atoms with Crippen LogP contribution in [-0.2, 0) is 6.54 Å². The molecule has 2 saturated carbocycles. The minimum atomic E-state index is 0.171. The molecule has 212 valence electrons. The zero-order valence-corrected chi connectivity index (χ0v) is 25.5. The van der Waals surface area contributed by atoms with Crippen molar-refractivity contribution < 1.29 is 9.84 Å². The van der Waals surface area contributed by atoms with Crippen LogP contribution in [0.1, 0.15) is 92.6 Å². The number of aliphatic hydroxyl groups is 1. The van der Waals surface area contributed by atoms with Gasteiger partial charge < -0.3 is 9.84 Å². The van der Waals surface area contributed by atoms with Crippen LogP contribution in [0.2, 0.25) is 0 Å². The molecule has 3 nitrogen and oxygen atoms in total. The summed E-state index contributed by atoms with van der Waals surface area (Å²) in [7, 11) is 0. The van der Waals surface area contributed by atoms with Gasteiger partial charge in [0.05, 0.1) is 6.61 Å². The average molecular weight is 522 g/mol. The lowest BCUT2D eigenvalue weighted by Gasteiger charge is -2.48. The van der Waals surface area contributed by atoms with Crippen LogP contribution < -0.4 is 4.74 Å². The fourth-order valence-electron chi connectivity index (χ4n) is 7.00. The lowest BCUT2D eigenvalue weighted by atomic mass is 9.57. The first-order valence-electron chi connectivity index (χ1n) is 15.1. The van der Waals surface area contributed by atoms with Crippen LogP contribution in [0.15, 0.2) is 72.1 Å². The molecule has 2 aliphatic carbocycles. The summed E-state index contributed by atoms with van der Waals surface area (Å²) >= 11 is 0. The summed E-state index contributed by atoms with van der Waals surface area (Å²) in [5.74, 6) is 3.29. The Labute approximate surface area is 234 Å². The zero-order valence-electron chi connectivity index (χ0n) is 25.5.